The van der Waals surface area contributed by atoms with Crippen LogP contribution in [-0.4, -0.2) is 23.3 Å². The molecule has 0 heterocycles. The van der Waals surface area contributed by atoms with Crippen LogP contribution in [0.25, 0.3) is 0 Å². The molecule has 0 fully saturated rings. The lowest BCUT2D eigenvalue weighted by atomic mass is 10.1. The van der Waals surface area contributed by atoms with Gasteiger partial charge >= 0.3 is 0 Å². The van der Waals surface area contributed by atoms with Crippen molar-refractivity contribution in [2.45, 2.75) is 111 Å². The second-order valence-corrected chi connectivity index (χ2v) is 5.71. The molecule has 0 aromatic heterocycles. The van der Waals surface area contributed by atoms with Gasteiger partial charge in [0.2, 0.25) is 0 Å². The molecule has 0 aliphatic carbocycles. The van der Waals surface area contributed by atoms with Crippen LogP contribution < -0.4 is 0 Å². The number of hydrogen-bond acceptors (Lipinski definition) is 2. The quantitative estimate of drug-likeness (QED) is 0.463. The van der Waals surface area contributed by atoms with E-state index in [1.165, 1.54) is 64.2 Å². The van der Waals surface area contributed by atoms with E-state index in [1.807, 2.05) is 0 Å². The zero-order valence-electron chi connectivity index (χ0n) is 15.0. The van der Waals surface area contributed by atoms with E-state index in [2.05, 4.69) is 27.7 Å². The number of carbonyl (C=O) groups is 1. The Hall–Kier alpha value is -0.570. The van der Waals surface area contributed by atoms with Gasteiger partial charge in [-0.1, -0.05) is 66.2 Å². The molecule has 0 rings (SSSR count). The van der Waals surface area contributed by atoms with Crippen molar-refractivity contribution in [3.05, 3.63) is 0 Å². The van der Waals surface area contributed by atoms with E-state index >= 15 is 0 Å². The summed E-state index contributed by atoms with van der Waals surface area (Å²) in [6.45, 7) is 10.1. The van der Waals surface area contributed by atoms with E-state index in [-0.39, 0.29) is 0 Å². The van der Waals surface area contributed by atoms with Crippen LogP contribution in [0.1, 0.15) is 98.8 Å². The highest BCUT2D eigenvalue weighted by Gasteiger charge is 2.13. The lowest BCUT2D eigenvalue weighted by molar-refractivity contribution is -0.134. The predicted molar refractivity (Wildman–Crippen MR) is 90.8 cm³/mol. The molecular formula is C18H38O3. The van der Waals surface area contributed by atoms with E-state index in [1.54, 1.807) is 0 Å². The van der Waals surface area contributed by atoms with Gasteiger partial charge in [0.05, 0.1) is 12.2 Å². The van der Waals surface area contributed by atoms with Crippen molar-refractivity contribution < 1.29 is 14.6 Å². The number of hydrogen-bond donors (Lipinski definition) is 1. The molecule has 0 aromatic rings. The van der Waals surface area contributed by atoms with Gasteiger partial charge in [-0.2, -0.15) is 0 Å². The summed E-state index contributed by atoms with van der Waals surface area (Å²) in [5.74, 6) is -0.833. The Balaban J connectivity index is 0. The number of aliphatic carboxylic acids is 1. The van der Waals surface area contributed by atoms with Gasteiger partial charge < -0.3 is 9.84 Å². The first-order chi connectivity index (χ1) is 10.0. The standard InChI is InChI=1S/C16H34O.C2H4O2/c1-5-9-11-13-15(7-3)17-16(8-4)14-12-10-6-2;1-2(3)4/h15-16H,5-14H2,1-4H3;1H3,(H,3,4). The number of ether oxygens (including phenoxy) is 1. The van der Waals surface area contributed by atoms with E-state index < -0.39 is 5.97 Å². The van der Waals surface area contributed by atoms with E-state index in [4.69, 9.17) is 14.6 Å². The number of unbranched alkanes of at least 4 members (excludes halogenated alkanes) is 4. The summed E-state index contributed by atoms with van der Waals surface area (Å²) < 4.78 is 6.24. The SMILES string of the molecule is CC(=O)O.CCCCCC(CC)OC(CC)CCCCC. The van der Waals surface area contributed by atoms with Crippen molar-refractivity contribution in [1.82, 2.24) is 0 Å². The van der Waals surface area contributed by atoms with Crippen LogP contribution in [0.4, 0.5) is 0 Å². The van der Waals surface area contributed by atoms with Crippen LogP contribution in [0.5, 0.6) is 0 Å². The van der Waals surface area contributed by atoms with E-state index in [9.17, 15) is 0 Å². The normalized spacial score (nSPS) is 13.2. The van der Waals surface area contributed by atoms with E-state index in [0.29, 0.717) is 12.2 Å². The summed E-state index contributed by atoms with van der Waals surface area (Å²) in [7, 11) is 0. The molecule has 0 aliphatic rings. The minimum absolute atomic E-state index is 0.508. The van der Waals surface area contributed by atoms with Crippen molar-refractivity contribution in [2.24, 2.45) is 0 Å². The molecular weight excluding hydrogens is 264 g/mol. The molecule has 0 radical (unpaired) electrons. The van der Waals surface area contributed by atoms with Crippen molar-refractivity contribution in [3.63, 3.8) is 0 Å². The summed E-state index contributed by atoms with van der Waals surface area (Å²) >= 11 is 0. The van der Waals surface area contributed by atoms with E-state index in [0.717, 1.165) is 6.92 Å². The Kier molecular flexibility index (Phi) is 18.9. The smallest absolute Gasteiger partial charge is 0.300 e. The minimum atomic E-state index is -0.833. The molecule has 1 N–H and O–H groups in total. The zero-order valence-corrected chi connectivity index (χ0v) is 15.0. The second-order valence-electron chi connectivity index (χ2n) is 5.71. The Morgan fingerprint density at radius 2 is 1.19 bits per heavy atom. The van der Waals surface area contributed by atoms with Gasteiger partial charge in [-0.05, 0) is 25.7 Å². The Morgan fingerprint density at radius 1 is 0.857 bits per heavy atom. The maximum Gasteiger partial charge on any atom is 0.300 e. The molecule has 3 nitrogen and oxygen atoms in total. The van der Waals surface area contributed by atoms with Gasteiger partial charge in [-0.15, -0.1) is 0 Å². The van der Waals surface area contributed by atoms with Gasteiger partial charge in [-0.3, -0.25) is 4.79 Å². The van der Waals surface area contributed by atoms with Crippen molar-refractivity contribution in [3.8, 4) is 0 Å². The molecule has 0 aliphatic heterocycles. The van der Waals surface area contributed by atoms with Crippen molar-refractivity contribution in [1.29, 1.82) is 0 Å². The molecule has 3 heteroatoms. The lowest BCUT2D eigenvalue weighted by Crippen LogP contribution is -2.21. The van der Waals surface area contributed by atoms with Crippen LogP contribution >= 0.6 is 0 Å². The van der Waals surface area contributed by atoms with Gasteiger partial charge in [0.1, 0.15) is 0 Å². The second kappa shape index (κ2) is 17.5. The van der Waals surface area contributed by atoms with Gasteiger partial charge in [-0.25, -0.2) is 0 Å². The fourth-order valence-corrected chi connectivity index (χ4v) is 2.25. The Labute approximate surface area is 132 Å². The highest BCUT2D eigenvalue weighted by atomic mass is 16.5. The number of carboxylic acids is 1. The largest absolute Gasteiger partial charge is 0.481 e. The predicted octanol–water partition coefficient (Wildman–Crippen LogP) is 5.81. The monoisotopic (exact) mass is 302 g/mol. The molecule has 0 saturated heterocycles. The Morgan fingerprint density at radius 3 is 1.43 bits per heavy atom. The first-order valence-electron chi connectivity index (χ1n) is 8.86. The molecule has 0 spiro atoms. The van der Waals surface area contributed by atoms with Crippen LogP contribution in [0.2, 0.25) is 0 Å². The van der Waals surface area contributed by atoms with Crippen LogP contribution in [0, 0.1) is 0 Å². The summed E-state index contributed by atoms with van der Waals surface area (Å²) in [5, 5.41) is 7.42. The first kappa shape index (κ1) is 22.7. The van der Waals surface area contributed by atoms with Crippen LogP contribution in [-0.2, 0) is 9.53 Å². The zero-order chi connectivity index (χ0) is 16.5. The molecule has 0 amide bonds. The number of rotatable bonds is 12. The fraction of sp³-hybridized carbons (Fsp3) is 0.944. The van der Waals surface area contributed by atoms with Crippen molar-refractivity contribution in [2.75, 3.05) is 0 Å². The summed E-state index contributed by atoms with van der Waals surface area (Å²) in [6.07, 6.45) is 13.9. The lowest BCUT2D eigenvalue weighted by Gasteiger charge is -2.23. The first-order valence-corrected chi connectivity index (χ1v) is 8.86. The summed E-state index contributed by atoms with van der Waals surface area (Å²) in [6, 6.07) is 0. The van der Waals surface area contributed by atoms with Gasteiger partial charge in [0, 0.05) is 6.92 Å². The molecule has 0 aromatic carbocycles. The highest BCUT2D eigenvalue weighted by molar-refractivity contribution is 5.62. The molecule has 21 heavy (non-hydrogen) atoms. The third kappa shape index (κ3) is 19.4. The third-order valence-corrected chi connectivity index (χ3v) is 3.55. The summed E-state index contributed by atoms with van der Waals surface area (Å²) in [5.41, 5.74) is 0. The van der Waals surface area contributed by atoms with Crippen LogP contribution in [0.15, 0.2) is 0 Å². The maximum absolute atomic E-state index is 9.00. The maximum atomic E-state index is 9.00. The van der Waals surface area contributed by atoms with Gasteiger partial charge in [0.15, 0.2) is 0 Å². The van der Waals surface area contributed by atoms with Gasteiger partial charge in [0.25, 0.3) is 5.97 Å². The molecule has 0 bridgehead atoms. The average molecular weight is 302 g/mol. The Bertz CT molecular complexity index is 197. The molecule has 2 atom stereocenters. The topological polar surface area (TPSA) is 46.5 Å². The molecule has 128 valence electrons. The van der Waals surface area contributed by atoms with Crippen LogP contribution in [0.3, 0.4) is 0 Å². The number of carboxylic acid groups (broad SMARTS) is 1. The molecule has 0 saturated carbocycles. The fourth-order valence-electron chi connectivity index (χ4n) is 2.25. The third-order valence-electron chi connectivity index (χ3n) is 3.55. The minimum Gasteiger partial charge on any atom is -0.481 e. The highest BCUT2D eigenvalue weighted by Crippen LogP contribution is 2.17. The van der Waals surface area contributed by atoms with Crippen molar-refractivity contribution >= 4 is 5.97 Å². The average Bonchev–Trinajstić information content (AvgIpc) is 2.44. The molecule has 2 unspecified atom stereocenters. The summed E-state index contributed by atoms with van der Waals surface area (Å²) in [4.78, 5) is 9.00.